The van der Waals surface area contributed by atoms with Crippen LogP contribution in [0.5, 0.6) is 11.5 Å². The average molecular weight is 317 g/mol. The second-order valence-electron chi connectivity index (χ2n) is 3.61. The van der Waals surface area contributed by atoms with Gasteiger partial charge in [0.25, 0.3) is 0 Å². The van der Waals surface area contributed by atoms with Crippen molar-refractivity contribution in [2.75, 3.05) is 0 Å². The van der Waals surface area contributed by atoms with Crippen molar-refractivity contribution in [1.29, 1.82) is 10.5 Å². The molecule has 0 aliphatic heterocycles. The van der Waals surface area contributed by atoms with Gasteiger partial charge in [-0.15, -0.1) is 0 Å². The number of nitrogens with zero attached hydrogens (tertiary/aromatic N) is 2. The Bertz CT molecular complexity index is 655. The maximum atomic E-state index is 13.4. The van der Waals surface area contributed by atoms with E-state index in [4.69, 9.17) is 15.3 Å². The van der Waals surface area contributed by atoms with E-state index in [1.165, 1.54) is 12.1 Å². The number of hydrogen-bond acceptors (Lipinski definition) is 3. The maximum absolute atomic E-state index is 13.4. The van der Waals surface area contributed by atoms with Crippen molar-refractivity contribution < 1.29 is 9.13 Å². The number of ether oxygens (including phenoxy) is 1. The molecule has 5 heteroatoms. The van der Waals surface area contributed by atoms with Crippen molar-refractivity contribution in [3.8, 4) is 23.6 Å². The Morgan fingerprint density at radius 1 is 0.947 bits per heavy atom. The van der Waals surface area contributed by atoms with Crippen LogP contribution >= 0.6 is 15.9 Å². The number of nitriles is 2. The van der Waals surface area contributed by atoms with Crippen molar-refractivity contribution in [1.82, 2.24) is 0 Å². The van der Waals surface area contributed by atoms with Gasteiger partial charge in [-0.3, -0.25) is 0 Å². The summed E-state index contributed by atoms with van der Waals surface area (Å²) in [6, 6.07) is 12.6. The summed E-state index contributed by atoms with van der Waals surface area (Å²) < 4.78 is 19.4. The molecule has 19 heavy (non-hydrogen) atoms. The molecule has 0 saturated carbocycles. The highest BCUT2D eigenvalue weighted by Gasteiger charge is 2.06. The number of halogens is 2. The third-order valence-electron chi connectivity index (χ3n) is 2.36. The zero-order valence-electron chi connectivity index (χ0n) is 9.52. The standard InChI is InChI=1S/C14H6BrFN2O/c15-13-5-11(3-1-9(13)7-17)19-12-4-2-10(8-18)14(16)6-12/h1-6H. The predicted molar refractivity (Wildman–Crippen MR) is 70.0 cm³/mol. The van der Waals surface area contributed by atoms with Gasteiger partial charge in [0, 0.05) is 10.5 Å². The van der Waals surface area contributed by atoms with Crippen LogP contribution < -0.4 is 4.74 Å². The van der Waals surface area contributed by atoms with Crippen LogP contribution in [0.1, 0.15) is 11.1 Å². The fraction of sp³-hybridized carbons (Fsp3) is 0. The van der Waals surface area contributed by atoms with E-state index >= 15 is 0 Å². The van der Waals surface area contributed by atoms with Crippen LogP contribution in [0.4, 0.5) is 4.39 Å². The van der Waals surface area contributed by atoms with Gasteiger partial charge in [-0.25, -0.2) is 4.39 Å². The van der Waals surface area contributed by atoms with Gasteiger partial charge in [0.15, 0.2) is 0 Å². The summed E-state index contributed by atoms with van der Waals surface area (Å²) in [6.45, 7) is 0. The molecule has 0 amide bonds. The molecular weight excluding hydrogens is 311 g/mol. The molecule has 92 valence electrons. The first kappa shape index (κ1) is 13.1. The normalized spacial score (nSPS) is 9.47. The van der Waals surface area contributed by atoms with Crippen molar-refractivity contribution in [2.24, 2.45) is 0 Å². The summed E-state index contributed by atoms with van der Waals surface area (Å²) >= 11 is 3.24. The Hall–Kier alpha value is -2.37. The van der Waals surface area contributed by atoms with Crippen molar-refractivity contribution >= 4 is 15.9 Å². The fourth-order valence-corrected chi connectivity index (χ4v) is 1.88. The van der Waals surface area contributed by atoms with Crippen LogP contribution in [0.2, 0.25) is 0 Å². The Labute approximate surface area is 117 Å². The van der Waals surface area contributed by atoms with Crippen LogP contribution in [0.15, 0.2) is 40.9 Å². The lowest BCUT2D eigenvalue weighted by Gasteiger charge is -2.07. The highest BCUT2D eigenvalue weighted by molar-refractivity contribution is 9.10. The van der Waals surface area contributed by atoms with Crippen LogP contribution in [-0.2, 0) is 0 Å². The molecular formula is C14H6BrFN2O. The van der Waals surface area contributed by atoms with Crippen LogP contribution in [-0.4, -0.2) is 0 Å². The van der Waals surface area contributed by atoms with Gasteiger partial charge in [0.05, 0.1) is 11.1 Å². The third-order valence-corrected chi connectivity index (χ3v) is 3.01. The first-order valence-electron chi connectivity index (χ1n) is 5.21. The Balaban J connectivity index is 2.27. The minimum atomic E-state index is -0.632. The van der Waals surface area contributed by atoms with Crippen molar-refractivity contribution in [3.63, 3.8) is 0 Å². The molecule has 0 atom stereocenters. The molecule has 0 N–H and O–H groups in total. The second-order valence-corrected chi connectivity index (χ2v) is 4.46. The molecule has 0 aliphatic carbocycles. The van der Waals surface area contributed by atoms with Crippen LogP contribution in [0, 0.1) is 28.5 Å². The van der Waals surface area contributed by atoms with Crippen molar-refractivity contribution in [2.45, 2.75) is 0 Å². The zero-order chi connectivity index (χ0) is 13.8. The SMILES string of the molecule is N#Cc1ccc(Oc2ccc(C#N)c(Br)c2)cc1F. The monoisotopic (exact) mass is 316 g/mol. The van der Waals surface area contributed by atoms with E-state index in [0.717, 1.165) is 6.07 Å². The highest BCUT2D eigenvalue weighted by Crippen LogP contribution is 2.27. The van der Waals surface area contributed by atoms with Crippen LogP contribution in [0.3, 0.4) is 0 Å². The Morgan fingerprint density at radius 2 is 1.53 bits per heavy atom. The number of benzene rings is 2. The Morgan fingerprint density at radius 3 is 2.05 bits per heavy atom. The van der Waals surface area contributed by atoms with Gasteiger partial charge in [0.2, 0.25) is 0 Å². The molecule has 0 fully saturated rings. The van der Waals surface area contributed by atoms with Gasteiger partial charge < -0.3 is 4.74 Å². The van der Waals surface area contributed by atoms with Gasteiger partial charge >= 0.3 is 0 Å². The molecule has 0 aliphatic rings. The van der Waals surface area contributed by atoms with Gasteiger partial charge in [-0.2, -0.15) is 10.5 Å². The van der Waals surface area contributed by atoms with E-state index in [1.807, 2.05) is 6.07 Å². The topological polar surface area (TPSA) is 56.8 Å². The predicted octanol–water partition coefficient (Wildman–Crippen LogP) is 4.12. The molecule has 0 unspecified atom stereocenters. The average Bonchev–Trinajstić information content (AvgIpc) is 2.39. The number of hydrogen-bond donors (Lipinski definition) is 0. The smallest absolute Gasteiger partial charge is 0.144 e. The molecule has 2 rings (SSSR count). The van der Waals surface area contributed by atoms with E-state index in [9.17, 15) is 4.39 Å². The van der Waals surface area contributed by atoms with Crippen LogP contribution in [0.25, 0.3) is 0 Å². The van der Waals surface area contributed by atoms with Gasteiger partial charge in [0.1, 0.15) is 29.5 Å². The molecule has 0 saturated heterocycles. The van der Waals surface area contributed by atoms with Gasteiger partial charge in [-0.1, -0.05) is 0 Å². The van der Waals surface area contributed by atoms with E-state index in [2.05, 4.69) is 15.9 Å². The van der Waals surface area contributed by atoms with E-state index in [-0.39, 0.29) is 11.3 Å². The Kier molecular flexibility index (Phi) is 3.79. The fourth-order valence-electron chi connectivity index (χ4n) is 1.44. The first-order chi connectivity index (χ1) is 9.13. The third kappa shape index (κ3) is 2.90. The lowest BCUT2D eigenvalue weighted by atomic mass is 10.2. The zero-order valence-corrected chi connectivity index (χ0v) is 11.1. The summed E-state index contributed by atoms with van der Waals surface area (Å²) in [5.74, 6) is 0.121. The molecule has 2 aromatic rings. The summed E-state index contributed by atoms with van der Waals surface area (Å²) in [5.41, 5.74) is 0.451. The minimum Gasteiger partial charge on any atom is -0.457 e. The van der Waals surface area contributed by atoms with E-state index < -0.39 is 5.82 Å². The molecule has 0 spiro atoms. The second kappa shape index (κ2) is 5.51. The lowest BCUT2D eigenvalue weighted by Crippen LogP contribution is -1.89. The van der Waals surface area contributed by atoms with Gasteiger partial charge in [-0.05, 0) is 46.3 Å². The van der Waals surface area contributed by atoms with E-state index in [1.54, 1.807) is 24.3 Å². The highest BCUT2D eigenvalue weighted by atomic mass is 79.9. The summed E-state index contributed by atoms with van der Waals surface area (Å²) in [5, 5.41) is 17.4. The quantitative estimate of drug-likeness (QED) is 0.837. The largest absolute Gasteiger partial charge is 0.457 e. The molecule has 0 heterocycles. The molecule has 0 radical (unpaired) electrons. The summed E-state index contributed by atoms with van der Waals surface area (Å²) in [4.78, 5) is 0. The first-order valence-corrected chi connectivity index (χ1v) is 6.00. The number of rotatable bonds is 2. The summed E-state index contributed by atoms with van der Waals surface area (Å²) in [7, 11) is 0. The molecule has 0 aromatic heterocycles. The van der Waals surface area contributed by atoms with E-state index in [0.29, 0.717) is 15.8 Å². The van der Waals surface area contributed by atoms with Crippen molar-refractivity contribution in [3.05, 3.63) is 57.8 Å². The molecule has 0 bridgehead atoms. The maximum Gasteiger partial charge on any atom is 0.144 e. The molecule has 2 aromatic carbocycles. The minimum absolute atomic E-state index is 0.0339. The lowest BCUT2D eigenvalue weighted by molar-refractivity contribution is 0.476. The summed E-state index contributed by atoms with van der Waals surface area (Å²) in [6.07, 6.45) is 0. The molecule has 3 nitrogen and oxygen atoms in total.